The van der Waals surface area contributed by atoms with Crippen molar-refractivity contribution in [3.05, 3.63) is 66.4 Å². The molecule has 0 unspecified atom stereocenters. The van der Waals surface area contributed by atoms with Gasteiger partial charge < -0.3 is 18.8 Å². The van der Waals surface area contributed by atoms with Crippen LogP contribution in [0.15, 0.2) is 65.1 Å². The number of methoxy groups -OCH3 is 1. The third-order valence-electron chi connectivity index (χ3n) is 3.97. The first-order valence-electron chi connectivity index (χ1n) is 8.34. The van der Waals surface area contributed by atoms with Gasteiger partial charge in [-0.05, 0) is 42.5 Å². The van der Waals surface area contributed by atoms with Gasteiger partial charge in [-0.15, -0.1) is 0 Å². The Bertz CT molecular complexity index is 863. The predicted molar refractivity (Wildman–Crippen MR) is 101 cm³/mol. The molecular weight excluding hydrogens is 330 g/mol. The smallest absolute Gasteiger partial charge is 0.246 e. The number of para-hydroxylation sites is 1. The van der Waals surface area contributed by atoms with Gasteiger partial charge in [0.1, 0.15) is 29.4 Å². The quantitative estimate of drug-likeness (QED) is 0.604. The highest BCUT2D eigenvalue weighted by molar-refractivity contribution is 5.92. The van der Waals surface area contributed by atoms with Gasteiger partial charge in [0.2, 0.25) is 5.91 Å². The first-order chi connectivity index (χ1) is 12.7. The predicted octanol–water partition coefficient (Wildman–Crippen LogP) is 3.99. The van der Waals surface area contributed by atoms with Crippen molar-refractivity contribution in [1.29, 1.82) is 0 Å². The van der Waals surface area contributed by atoms with Crippen LogP contribution in [0, 0.1) is 0 Å². The number of hydrogen-bond donors (Lipinski definition) is 0. The number of benzene rings is 2. The number of nitrogens with zero attached hydrogens (tertiary/aromatic N) is 1. The molecule has 3 aromatic rings. The summed E-state index contributed by atoms with van der Waals surface area (Å²) in [4.78, 5) is 13.8. The number of rotatable bonds is 7. The molecular formula is C21H21NO4. The van der Waals surface area contributed by atoms with Crippen LogP contribution < -0.4 is 9.47 Å². The fourth-order valence-electron chi connectivity index (χ4n) is 2.45. The second-order valence-electron chi connectivity index (χ2n) is 5.80. The molecule has 1 amide bonds. The van der Waals surface area contributed by atoms with Gasteiger partial charge in [0.15, 0.2) is 0 Å². The standard InChI is InChI=1S/C21H21NO4/c1-22(13-14-25-18-9-7-17(24-2)8-10-18)21(23)12-11-19-15-16-5-3-4-6-20(16)26-19/h3-12,15H,13-14H2,1-2H3/b12-11+. The lowest BCUT2D eigenvalue weighted by Gasteiger charge is -2.15. The monoisotopic (exact) mass is 351 g/mol. The molecule has 0 atom stereocenters. The minimum Gasteiger partial charge on any atom is -0.497 e. The number of ether oxygens (including phenoxy) is 2. The maximum atomic E-state index is 12.2. The molecule has 0 aliphatic heterocycles. The zero-order chi connectivity index (χ0) is 18.4. The summed E-state index contributed by atoms with van der Waals surface area (Å²) >= 11 is 0. The van der Waals surface area contributed by atoms with Crippen LogP contribution in [-0.2, 0) is 4.79 Å². The molecule has 0 saturated heterocycles. The van der Waals surface area contributed by atoms with Crippen molar-refractivity contribution < 1.29 is 18.7 Å². The topological polar surface area (TPSA) is 51.9 Å². The molecule has 0 N–H and O–H groups in total. The molecule has 0 spiro atoms. The Kier molecular flexibility index (Phi) is 5.59. The van der Waals surface area contributed by atoms with E-state index in [4.69, 9.17) is 13.9 Å². The van der Waals surface area contributed by atoms with E-state index in [1.807, 2.05) is 54.6 Å². The van der Waals surface area contributed by atoms with Crippen LogP contribution in [0.2, 0.25) is 0 Å². The number of carbonyl (C=O) groups excluding carboxylic acids is 1. The minimum atomic E-state index is -0.108. The summed E-state index contributed by atoms with van der Waals surface area (Å²) in [7, 11) is 3.36. The van der Waals surface area contributed by atoms with Gasteiger partial charge in [-0.3, -0.25) is 4.79 Å². The molecule has 26 heavy (non-hydrogen) atoms. The van der Waals surface area contributed by atoms with Gasteiger partial charge in [-0.1, -0.05) is 18.2 Å². The Morgan fingerprint density at radius 3 is 2.58 bits per heavy atom. The molecule has 1 aromatic heterocycles. The van der Waals surface area contributed by atoms with Gasteiger partial charge in [0, 0.05) is 18.5 Å². The van der Waals surface area contributed by atoms with E-state index >= 15 is 0 Å². The minimum absolute atomic E-state index is 0.108. The largest absolute Gasteiger partial charge is 0.497 e. The highest BCUT2D eigenvalue weighted by Gasteiger charge is 2.06. The third-order valence-corrected chi connectivity index (χ3v) is 3.97. The van der Waals surface area contributed by atoms with E-state index in [-0.39, 0.29) is 5.91 Å². The summed E-state index contributed by atoms with van der Waals surface area (Å²) in [6.07, 6.45) is 3.19. The first kappa shape index (κ1) is 17.6. The van der Waals surface area contributed by atoms with Gasteiger partial charge in [0.25, 0.3) is 0 Å². The Balaban J connectivity index is 1.49. The molecule has 0 fully saturated rings. The summed E-state index contributed by atoms with van der Waals surface area (Å²) in [5.41, 5.74) is 0.806. The van der Waals surface area contributed by atoms with Crippen LogP contribution in [0.3, 0.4) is 0 Å². The molecule has 0 radical (unpaired) electrons. The van der Waals surface area contributed by atoms with Crippen LogP contribution in [0.1, 0.15) is 5.76 Å². The molecule has 2 aromatic carbocycles. The molecule has 0 aliphatic carbocycles. The average molecular weight is 351 g/mol. The molecule has 134 valence electrons. The Morgan fingerprint density at radius 1 is 1.12 bits per heavy atom. The fraction of sp³-hybridized carbons (Fsp3) is 0.190. The molecule has 3 rings (SSSR count). The Hall–Kier alpha value is -3.21. The van der Waals surface area contributed by atoms with E-state index in [0.29, 0.717) is 18.9 Å². The number of fused-ring (bicyclic) bond motifs is 1. The highest BCUT2D eigenvalue weighted by atomic mass is 16.5. The lowest BCUT2D eigenvalue weighted by molar-refractivity contribution is -0.125. The van der Waals surface area contributed by atoms with Crippen molar-refractivity contribution >= 4 is 23.0 Å². The zero-order valence-corrected chi connectivity index (χ0v) is 14.8. The van der Waals surface area contributed by atoms with E-state index in [9.17, 15) is 4.79 Å². The summed E-state index contributed by atoms with van der Waals surface area (Å²) < 4.78 is 16.4. The van der Waals surface area contributed by atoms with Crippen LogP contribution in [0.5, 0.6) is 11.5 Å². The normalized spacial score (nSPS) is 11.0. The maximum Gasteiger partial charge on any atom is 0.246 e. The molecule has 5 heteroatoms. The van der Waals surface area contributed by atoms with Crippen molar-refractivity contribution in [2.75, 3.05) is 27.3 Å². The van der Waals surface area contributed by atoms with Gasteiger partial charge in [-0.25, -0.2) is 0 Å². The van der Waals surface area contributed by atoms with Crippen molar-refractivity contribution in [1.82, 2.24) is 4.90 Å². The highest BCUT2D eigenvalue weighted by Crippen LogP contribution is 2.20. The van der Waals surface area contributed by atoms with Crippen LogP contribution in [0.25, 0.3) is 17.0 Å². The van der Waals surface area contributed by atoms with Crippen LogP contribution in [-0.4, -0.2) is 38.1 Å². The van der Waals surface area contributed by atoms with E-state index in [2.05, 4.69) is 0 Å². The number of carbonyl (C=O) groups is 1. The molecule has 0 aliphatic rings. The first-order valence-corrected chi connectivity index (χ1v) is 8.34. The van der Waals surface area contributed by atoms with Crippen LogP contribution in [0.4, 0.5) is 0 Å². The van der Waals surface area contributed by atoms with Crippen molar-refractivity contribution in [2.24, 2.45) is 0 Å². The summed E-state index contributed by atoms with van der Waals surface area (Å²) in [6, 6.07) is 17.0. The van der Waals surface area contributed by atoms with Gasteiger partial charge in [0.05, 0.1) is 13.7 Å². The second kappa shape index (κ2) is 8.25. The Labute approximate surface area is 152 Å². The van der Waals surface area contributed by atoms with Crippen molar-refractivity contribution in [2.45, 2.75) is 0 Å². The van der Waals surface area contributed by atoms with Gasteiger partial charge in [-0.2, -0.15) is 0 Å². The number of furan rings is 1. The maximum absolute atomic E-state index is 12.2. The molecule has 1 heterocycles. The fourth-order valence-corrected chi connectivity index (χ4v) is 2.45. The summed E-state index contributed by atoms with van der Waals surface area (Å²) in [5.74, 6) is 2.07. The Morgan fingerprint density at radius 2 is 1.85 bits per heavy atom. The summed E-state index contributed by atoms with van der Waals surface area (Å²) in [5, 5.41) is 1.01. The lowest BCUT2D eigenvalue weighted by Crippen LogP contribution is -2.29. The third kappa shape index (κ3) is 4.45. The lowest BCUT2D eigenvalue weighted by atomic mass is 10.2. The second-order valence-corrected chi connectivity index (χ2v) is 5.80. The van der Waals surface area contributed by atoms with Crippen LogP contribution >= 0.6 is 0 Å². The number of amides is 1. The average Bonchev–Trinajstić information content (AvgIpc) is 3.09. The number of hydrogen-bond acceptors (Lipinski definition) is 4. The van der Waals surface area contributed by atoms with Gasteiger partial charge >= 0.3 is 0 Å². The summed E-state index contributed by atoms with van der Waals surface area (Å²) in [6.45, 7) is 0.891. The van der Waals surface area contributed by atoms with E-state index < -0.39 is 0 Å². The van der Waals surface area contributed by atoms with Crippen molar-refractivity contribution in [3.8, 4) is 11.5 Å². The molecule has 0 saturated carbocycles. The SMILES string of the molecule is COc1ccc(OCCN(C)C(=O)/C=C/c2cc3ccccc3o2)cc1. The van der Waals surface area contributed by atoms with E-state index in [1.54, 1.807) is 25.1 Å². The molecule has 5 nitrogen and oxygen atoms in total. The van der Waals surface area contributed by atoms with Crippen molar-refractivity contribution in [3.63, 3.8) is 0 Å². The zero-order valence-electron chi connectivity index (χ0n) is 14.8. The van der Waals surface area contributed by atoms with E-state index in [0.717, 1.165) is 22.5 Å². The number of likely N-dealkylation sites (N-methyl/N-ethyl adjacent to an activating group) is 1. The molecule has 0 bridgehead atoms. The van der Waals surface area contributed by atoms with E-state index in [1.165, 1.54) is 6.08 Å².